The fourth-order valence-electron chi connectivity index (χ4n) is 2.99. The summed E-state index contributed by atoms with van der Waals surface area (Å²) in [5, 5.41) is 2.86. The zero-order chi connectivity index (χ0) is 19.1. The van der Waals surface area contributed by atoms with Crippen LogP contribution in [-0.2, 0) is 9.59 Å². The number of carbonyl (C=O) groups is 3. The quantitative estimate of drug-likeness (QED) is 0.858. The van der Waals surface area contributed by atoms with E-state index in [1.54, 1.807) is 38.4 Å². The van der Waals surface area contributed by atoms with Gasteiger partial charge in [0.2, 0.25) is 11.8 Å². The minimum Gasteiger partial charge on any atom is -0.345 e. The van der Waals surface area contributed by atoms with Gasteiger partial charge in [-0.2, -0.15) is 0 Å². The molecule has 1 aromatic rings. The Bertz CT molecular complexity index is 660. The number of benzene rings is 1. The van der Waals surface area contributed by atoms with Gasteiger partial charge in [-0.15, -0.1) is 0 Å². The Morgan fingerprint density at radius 2 is 1.88 bits per heavy atom. The third-order valence-corrected chi connectivity index (χ3v) is 4.41. The minimum atomic E-state index is -0.116. The Morgan fingerprint density at radius 3 is 2.58 bits per heavy atom. The number of nitrogens with one attached hydrogen (secondary N) is 1. The molecule has 1 aliphatic rings. The first-order chi connectivity index (χ1) is 12.4. The van der Waals surface area contributed by atoms with Gasteiger partial charge in [0, 0.05) is 57.9 Å². The highest BCUT2D eigenvalue weighted by Gasteiger charge is 2.19. The maximum Gasteiger partial charge on any atom is 0.253 e. The second-order valence-electron chi connectivity index (χ2n) is 6.69. The molecule has 0 atom stereocenters. The molecule has 0 aliphatic carbocycles. The Morgan fingerprint density at radius 1 is 1.12 bits per heavy atom. The lowest BCUT2D eigenvalue weighted by atomic mass is 10.2. The summed E-state index contributed by atoms with van der Waals surface area (Å²) in [5.41, 5.74) is 1.15. The van der Waals surface area contributed by atoms with E-state index in [2.05, 4.69) is 10.2 Å². The van der Waals surface area contributed by atoms with Gasteiger partial charge in [0.25, 0.3) is 5.91 Å². The van der Waals surface area contributed by atoms with Crippen LogP contribution in [0.2, 0.25) is 0 Å². The number of rotatable bonds is 5. The molecule has 1 N–H and O–H groups in total. The van der Waals surface area contributed by atoms with Gasteiger partial charge in [-0.05, 0) is 24.6 Å². The van der Waals surface area contributed by atoms with Crippen molar-refractivity contribution < 1.29 is 14.4 Å². The Labute approximate surface area is 154 Å². The lowest BCUT2D eigenvalue weighted by Crippen LogP contribution is -2.37. The molecule has 1 fully saturated rings. The maximum absolute atomic E-state index is 12.4. The first kappa shape index (κ1) is 19.9. The Hall–Kier alpha value is -2.41. The summed E-state index contributed by atoms with van der Waals surface area (Å²) in [6.07, 6.45) is 1.38. The molecule has 1 heterocycles. The van der Waals surface area contributed by atoms with Crippen LogP contribution in [0.1, 0.15) is 30.1 Å². The number of carbonyl (C=O) groups excluding carboxylic acids is 3. The standard InChI is InChI=1S/C19H28N4O3/c1-4-18(25)23-10-6-9-22(11-12-23)14-17(24)20-16-8-5-7-15(13-16)19(26)21(2)3/h5,7-8,13H,4,6,9-12,14H2,1-3H3,(H,20,24). The van der Waals surface area contributed by atoms with E-state index in [1.807, 2.05) is 11.8 Å². The molecule has 7 heteroatoms. The molecular formula is C19H28N4O3. The van der Waals surface area contributed by atoms with Gasteiger partial charge in [0.15, 0.2) is 0 Å². The van der Waals surface area contributed by atoms with Gasteiger partial charge in [-0.25, -0.2) is 0 Å². The molecule has 1 aliphatic heterocycles. The van der Waals surface area contributed by atoms with Gasteiger partial charge in [-0.3, -0.25) is 19.3 Å². The number of hydrogen-bond acceptors (Lipinski definition) is 4. The zero-order valence-corrected chi connectivity index (χ0v) is 15.8. The van der Waals surface area contributed by atoms with Crippen molar-refractivity contribution in [3.05, 3.63) is 29.8 Å². The number of hydrogen-bond donors (Lipinski definition) is 1. The highest BCUT2D eigenvalue weighted by molar-refractivity contribution is 5.97. The second-order valence-corrected chi connectivity index (χ2v) is 6.69. The van der Waals surface area contributed by atoms with E-state index in [9.17, 15) is 14.4 Å². The molecule has 0 radical (unpaired) electrons. The normalized spacial score (nSPS) is 15.3. The SMILES string of the molecule is CCC(=O)N1CCCN(CC(=O)Nc2cccc(C(=O)N(C)C)c2)CC1. The molecular weight excluding hydrogens is 332 g/mol. The van der Waals surface area contributed by atoms with Crippen molar-refractivity contribution in [2.75, 3.05) is 52.1 Å². The van der Waals surface area contributed by atoms with Crippen molar-refractivity contribution in [1.29, 1.82) is 0 Å². The van der Waals surface area contributed by atoms with Crippen molar-refractivity contribution >= 4 is 23.4 Å². The lowest BCUT2D eigenvalue weighted by Gasteiger charge is -2.21. The van der Waals surface area contributed by atoms with E-state index in [-0.39, 0.29) is 24.3 Å². The molecule has 0 aromatic heterocycles. The van der Waals surface area contributed by atoms with Crippen molar-refractivity contribution in [2.24, 2.45) is 0 Å². The van der Waals surface area contributed by atoms with E-state index in [0.29, 0.717) is 30.8 Å². The van der Waals surface area contributed by atoms with Crippen LogP contribution in [0.4, 0.5) is 5.69 Å². The third kappa shape index (κ3) is 5.56. The zero-order valence-electron chi connectivity index (χ0n) is 15.8. The Balaban J connectivity index is 1.90. The average Bonchev–Trinajstić information content (AvgIpc) is 2.86. The summed E-state index contributed by atoms with van der Waals surface area (Å²) in [6.45, 7) is 5.04. The fourth-order valence-corrected chi connectivity index (χ4v) is 2.99. The highest BCUT2D eigenvalue weighted by Crippen LogP contribution is 2.12. The van der Waals surface area contributed by atoms with Crippen LogP contribution < -0.4 is 5.32 Å². The molecule has 0 bridgehead atoms. The van der Waals surface area contributed by atoms with Crippen LogP contribution in [0.15, 0.2) is 24.3 Å². The number of nitrogens with zero attached hydrogens (tertiary/aromatic N) is 3. The molecule has 0 saturated carbocycles. The smallest absolute Gasteiger partial charge is 0.253 e. The summed E-state index contributed by atoms with van der Waals surface area (Å²) >= 11 is 0. The van der Waals surface area contributed by atoms with Crippen LogP contribution >= 0.6 is 0 Å². The minimum absolute atomic E-state index is 0.103. The molecule has 7 nitrogen and oxygen atoms in total. The van der Waals surface area contributed by atoms with E-state index in [1.165, 1.54) is 4.90 Å². The monoisotopic (exact) mass is 360 g/mol. The van der Waals surface area contributed by atoms with Crippen molar-refractivity contribution in [2.45, 2.75) is 19.8 Å². The lowest BCUT2D eigenvalue weighted by molar-refractivity contribution is -0.130. The molecule has 0 unspecified atom stereocenters. The first-order valence-corrected chi connectivity index (χ1v) is 9.02. The van der Waals surface area contributed by atoms with Gasteiger partial charge in [-0.1, -0.05) is 13.0 Å². The third-order valence-electron chi connectivity index (χ3n) is 4.41. The van der Waals surface area contributed by atoms with Gasteiger partial charge >= 0.3 is 0 Å². The highest BCUT2D eigenvalue weighted by atomic mass is 16.2. The van der Waals surface area contributed by atoms with Crippen molar-refractivity contribution in [3.8, 4) is 0 Å². The van der Waals surface area contributed by atoms with E-state index < -0.39 is 0 Å². The summed E-state index contributed by atoms with van der Waals surface area (Å²) in [6, 6.07) is 6.94. The first-order valence-electron chi connectivity index (χ1n) is 9.02. The topological polar surface area (TPSA) is 73.0 Å². The number of anilines is 1. The predicted octanol–water partition coefficient (Wildman–Crippen LogP) is 1.27. The summed E-state index contributed by atoms with van der Waals surface area (Å²) in [7, 11) is 3.39. The fraction of sp³-hybridized carbons (Fsp3) is 0.526. The van der Waals surface area contributed by atoms with Crippen LogP contribution in [0, 0.1) is 0 Å². The molecule has 0 spiro atoms. The summed E-state index contributed by atoms with van der Waals surface area (Å²) < 4.78 is 0. The molecule has 26 heavy (non-hydrogen) atoms. The second kappa shape index (κ2) is 9.33. The molecule has 2 rings (SSSR count). The van der Waals surface area contributed by atoms with Gasteiger partial charge in [0.05, 0.1) is 6.54 Å². The summed E-state index contributed by atoms with van der Waals surface area (Å²) in [4.78, 5) is 41.6. The van der Waals surface area contributed by atoms with Crippen LogP contribution in [0.25, 0.3) is 0 Å². The molecule has 3 amide bonds. The van der Waals surface area contributed by atoms with Crippen LogP contribution in [0.3, 0.4) is 0 Å². The van der Waals surface area contributed by atoms with E-state index in [4.69, 9.17) is 0 Å². The van der Waals surface area contributed by atoms with Crippen molar-refractivity contribution in [3.63, 3.8) is 0 Å². The molecule has 142 valence electrons. The van der Waals surface area contributed by atoms with Crippen molar-refractivity contribution in [1.82, 2.24) is 14.7 Å². The molecule has 1 saturated heterocycles. The van der Waals surface area contributed by atoms with Crippen LogP contribution in [-0.4, -0.2) is 79.2 Å². The molecule has 1 aromatic carbocycles. The van der Waals surface area contributed by atoms with Crippen LogP contribution in [0.5, 0.6) is 0 Å². The Kier molecular flexibility index (Phi) is 7.15. The average molecular weight is 360 g/mol. The van der Waals surface area contributed by atoms with Gasteiger partial charge in [0.1, 0.15) is 0 Å². The predicted molar refractivity (Wildman–Crippen MR) is 101 cm³/mol. The van der Waals surface area contributed by atoms with E-state index in [0.717, 1.165) is 19.5 Å². The van der Waals surface area contributed by atoms with E-state index >= 15 is 0 Å². The largest absolute Gasteiger partial charge is 0.345 e. The summed E-state index contributed by atoms with van der Waals surface area (Å²) in [5.74, 6) is -0.0531. The van der Waals surface area contributed by atoms with Gasteiger partial charge < -0.3 is 15.1 Å². The number of amides is 3. The maximum atomic E-state index is 12.4.